The second kappa shape index (κ2) is 10.9. The third-order valence-corrected chi connectivity index (χ3v) is 3.84. The Morgan fingerprint density at radius 2 is 2.20 bits per heavy atom. The van der Waals surface area contributed by atoms with E-state index in [1.807, 2.05) is 6.08 Å². The van der Waals surface area contributed by atoms with Crippen LogP contribution < -0.4 is 0 Å². The van der Waals surface area contributed by atoms with Gasteiger partial charge in [-0.3, -0.25) is 4.79 Å². The van der Waals surface area contributed by atoms with Gasteiger partial charge in [-0.1, -0.05) is 32.1 Å². The van der Waals surface area contributed by atoms with Crippen molar-refractivity contribution >= 4 is 18.4 Å². The van der Waals surface area contributed by atoms with Crippen molar-refractivity contribution in [2.24, 2.45) is 11.8 Å². The van der Waals surface area contributed by atoms with E-state index in [9.17, 15) is 4.79 Å². The molecule has 3 nitrogen and oxygen atoms in total. The standard InChI is InChI=1S/C16H27NO2.ClH/c1-4-9-15(14-10-7-8-11-14)16(18)19-13-12-17(5-2)6-3;/h4,7,10,14-15H,1,5-6,8-9,11-13H2,2-3H3;1H. The molecule has 0 amide bonds. The van der Waals surface area contributed by atoms with Gasteiger partial charge in [0, 0.05) is 6.54 Å². The number of nitrogens with zero attached hydrogens (tertiary/aromatic N) is 1. The van der Waals surface area contributed by atoms with Crippen molar-refractivity contribution < 1.29 is 9.53 Å². The van der Waals surface area contributed by atoms with Crippen molar-refractivity contribution in [3.63, 3.8) is 0 Å². The van der Waals surface area contributed by atoms with Crippen molar-refractivity contribution in [1.29, 1.82) is 0 Å². The third kappa shape index (κ3) is 6.10. The predicted molar refractivity (Wildman–Crippen MR) is 86.2 cm³/mol. The zero-order chi connectivity index (χ0) is 14.1. The van der Waals surface area contributed by atoms with Crippen molar-refractivity contribution in [1.82, 2.24) is 4.90 Å². The Morgan fingerprint density at radius 3 is 2.70 bits per heavy atom. The van der Waals surface area contributed by atoms with Gasteiger partial charge in [0.15, 0.2) is 0 Å². The van der Waals surface area contributed by atoms with Crippen molar-refractivity contribution in [3.05, 3.63) is 24.8 Å². The number of carbonyl (C=O) groups is 1. The first-order valence-electron chi connectivity index (χ1n) is 7.39. The van der Waals surface area contributed by atoms with Crippen LogP contribution in [0.5, 0.6) is 0 Å². The monoisotopic (exact) mass is 301 g/mol. The summed E-state index contributed by atoms with van der Waals surface area (Å²) < 4.78 is 5.44. The van der Waals surface area contributed by atoms with Crippen LogP contribution in [0, 0.1) is 11.8 Å². The van der Waals surface area contributed by atoms with E-state index in [1.54, 1.807) is 0 Å². The molecule has 0 aromatic heterocycles. The molecule has 1 aliphatic rings. The van der Waals surface area contributed by atoms with E-state index in [0.717, 1.165) is 32.5 Å². The molecule has 1 rings (SSSR count). The van der Waals surface area contributed by atoms with Crippen LogP contribution >= 0.6 is 12.4 Å². The summed E-state index contributed by atoms with van der Waals surface area (Å²) in [6.45, 7) is 11.3. The van der Waals surface area contributed by atoms with Gasteiger partial charge in [0.05, 0.1) is 5.92 Å². The lowest BCUT2D eigenvalue weighted by Crippen LogP contribution is -2.30. The smallest absolute Gasteiger partial charge is 0.309 e. The number of ether oxygens (including phenoxy) is 1. The fraction of sp³-hybridized carbons (Fsp3) is 0.688. The van der Waals surface area contributed by atoms with Crippen LogP contribution in [0.3, 0.4) is 0 Å². The number of hydrogen-bond donors (Lipinski definition) is 0. The lowest BCUT2D eigenvalue weighted by atomic mass is 9.89. The quantitative estimate of drug-likeness (QED) is 0.482. The van der Waals surface area contributed by atoms with E-state index in [0.29, 0.717) is 18.9 Å². The minimum atomic E-state index is -0.0661. The molecular formula is C16H28ClNO2. The summed E-state index contributed by atoms with van der Waals surface area (Å²) in [5.41, 5.74) is 0. The average Bonchev–Trinajstić information content (AvgIpc) is 2.94. The van der Waals surface area contributed by atoms with Gasteiger partial charge in [0.25, 0.3) is 0 Å². The molecule has 0 saturated heterocycles. The summed E-state index contributed by atoms with van der Waals surface area (Å²) in [7, 11) is 0. The van der Waals surface area contributed by atoms with Crippen LogP contribution in [-0.2, 0) is 9.53 Å². The van der Waals surface area contributed by atoms with Gasteiger partial charge in [0.2, 0.25) is 0 Å². The molecule has 0 aromatic rings. The molecule has 0 radical (unpaired) electrons. The molecule has 2 unspecified atom stereocenters. The van der Waals surface area contributed by atoms with Crippen molar-refractivity contribution in [2.45, 2.75) is 33.1 Å². The summed E-state index contributed by atoms with van der Waals surface area (Å²) in [5.74, 6) is 0.218. The maximum atomic E-state index is 12.2. The lowest BCUT2D eigenvalue weighted by Gasteiger charge is -2.21. The first-order chi connectivity index (χ1) is 9.22. The molecule has 1 aliphatic carbocycles. The average molecular weight is 302 g/mol. The highest BCUT2D eigenvalue weighted by atomic mass is 35.5. The first kappa shape index (κ1) is 19.2. The second-order valence-corrected chi connectivity index (χ2v) is 4.99. The van der Waals surface area contributed by atoms with Crippen LogP contribution in [0.2, 0.25) is 0 Å². The summed E-state index contributed by atoms with van der Waals surface area (Å²) in [6, 6.07) is 0. The molecule has 0 bridgehead atoms. The Hall–Kier alpha value is -0.800. The van der Waals surface area contributed by atoms with Gasteiger partial charge in [-0.25, -0.2) is 0 Å². The van der Waals surface area contributed by atoms with Crippen molar-refractivity contribution in [2.75, 3.05) is 26.2 Å². The first-order valence-corrected chi connectivity index (χ1v) is 7.39. The topological polar surface area (TPSA) is 29.5 Å². The second-order valence-electron chi connectivity index (χ2n) is 4.99. The molecule has 4 heteroatoms. The Balaban J connectivity index is 0.00000361. The van der Waals surface area contributed by atoms with E-state index in [2.05, 4.69) is 37.5 Å². The number of esters is 1. The van der Waals surface area contributed by atoms with E-state index < -0.39 is 0 Å². The van der Waals surface area contributed by atoms with E-state index in [4.69, 9.17) is 4.74 Å². The third-order valence-electron chi connectivity index (χ3n) is 3.84. The van der Waals surface area contributed by atoms with E-state index in [-0.39, 0.29) is 24.3 Å². The molecule has 20 heavy (non-hydrogen) atoms. The highest BCUT2D eigenvalue weighted by Crippen LogP contribution is 2.28. The summed E-state index contributed by atoms with van der Waals surface area (Å²) in [6.07, 6.45) is 8.97. The predicted octanol–water partition coefficient (Wildman–Crippen LogP) is 3.45. The number of carbonyl (C=O) groups excluding carboxylic acids is 1. The van der Waals surface area contributed by atoms with Gasteiger partial charge >= 0.3 is 5.97 Å². The Kier molecular flexibility index (Phi) is 10.5. The zero-order valence-electron chi connectivity index (χ0n) is 12.7. The fourth-order valence-electron chi connectivity index (χ4n) is 2.54. The fourth-order valence-corrected chi connectivity index (χ4v) is 2.54. The zero-order valence-corrected chi connectivity index (χ0v) is 13.5. The Labute approximate surface area is 129 Å². The van der Waals surface area contributed by atoms with Gasteiger partial charge < -0.3 is 9.64 Å². The van der Waals surface area contributed by atoms with Crippen LogP contribution in [0.1, 0.15) is 33.1 Å². The molecule has 116 valence electrons. The van der Waals surface area contributed by atoms with E-state index in [1.165, 1.54) is 0 Å². The lowest BCUT2D eigenvalue weighted by molar-refractivity contribution is -0.150. The normalized spacial score (nSPS) is 18.6. The molecule has 0 heterocycles. The number of likely N-dealkylation sites (N-methyl/N-ethyl adjacent to an activating group) is 1. The molecule has 0 aliphatic heterocycles. The summed E-state index contributed by atoms with van der Waals surface area (Å²) in [4.78, 5) is 14.4. The largest absolute Gasteiger partial charge is 0.464 e. The van der Waals surface area contributed by atoms with Crippen LogP contribution in [0.4, 0.5) is 0 Å². The molecule has 0 spiro atoms. The molecule has 0 saturated carbocycles. The van der Waals surface area contributed by atoms with Gasteiger partial charge in [-0.15, -0.1) is 19.0 Å². The van der Waals surface area contributed by atoms with Crippen molar-refractivity contribution in [3.8, 4) is 0 Å². The Bertz CT molecular complexity index is 314. The highest BCUT2D eigenvalue weighted by Gasteiger charge is 2.28. The SMILES string of the molecule is C=CCC(C(=O)OCCN(CC)CC)C1C=CCC1.Cl. The number of allylic oxidation sites excluding steroid dienone is 3. The highest BCUT2D eigenvalue weighted by molar-refractivity contribution is 5.85. The molecular weight excluding hydrogens is 274 g/mol. The van der Waals surface area contributed by atoms with E-state index >= 15 is 0 Å². The summed E-state index contributed by atoms with van der Waals surface area (Å²) >= 11 is 0. The Morgan fingerprint density at radius 1 is 1.50 bits per heavy atom. The van der Waals surface area contributed by atoms with Crippen LogP contribution in [-0.4, -0.2) is 37.1 Å². The van der Waals surface area contributed by atoms with Crippen LogP contribution in [0.15, 0.2) is 24.8 Å². The summed E-state index contributed by atoms with van der Waals surface area (Å²) in [5, 5.41) is 0. The number of halogens is 1. The molecule has 2 atom stereocenters. The minimum Gasteiger partial charge on any atom is -0.464 e. The van der Waals surface area contributed by atoms with Gasteiger partial charge in [-0.2, -0.15) is 0 Å². The maximum absolute atomic E-state index is 12.2. The maximum Gasteiger partial charge on any atom is 0.309 e. The van der Waals surface area contributed by atoms with Gasteiger partial charge in [-0.05, 0) is 38.3 Å². The van der Waals surface area contributed by atoms with Crippen LogP contribution in [0.25, 0.3) is 0 Å². The number of hydrogen-bond acceptors (Lipinski definition) is 3. The molecule has 0 fully saturated rings. The number of rotatable bonds is 9. The van der Waals surface area contributed by atoms with Gasteiger partial charge in [0.1, 0.15) is 6.61 Å². The minimum absolute atomic E-state index is 0. The molecule has 0 aromatic carbocycles. The molecule has 0 N–H and O–H groups in total.